The van der Waals surface area contributed by atoms with Crippen LogP contribution in [0.15, 0.2) is 0 Å². The van der Waals surface area contributed by atoms with E-state index in [2.05, 4.69) is 0 Å². The Labute approximate surface area is 70.3 Å². The number of carbonyl (C=O) groups excluding carboxylic acids is 1. The van der Waals surface area contributed by atoms with Crippen molar-refractivity contribution in [3.05, 3.63) is 0 Å². The number of carboxylic acid groups (broad SMARTS) is 1. The SMILES string of the molecule is CC(C)(C(=O)O)C(=O)CCCl. The molecule has 0 saturated carbocycles. The molecular formula is C7H11ClO3. The first-order chi connectivity index (χ1) is 4.92. The zero-order valence-corrected chi connectivity index (χ0v) is 7.31. The molecule has 0 aliphatic rings. The van der Waals surface area contributed by atoms with Crippen molar-refractivity contribution in [1.29, 1.82) is 0 Å². The van der Waals surface area contributed by atoms with Crippen molar-refractivity contribution in [3.8, 4) is 0 Å². The maximum atomic E-state index is 11.0. The van der Waals surface area contributed by atoms with Crippen LogP contribution in [-0.2, 0) is 9.59 Å². The maximum Gasteiger partial charge on any atom is 0.316 e. The highest BCUT2D eigenvalue weighted by Gasteiger charge is 2.34. The Bertz CT molecular complexity index is 175. The fraction of sp³-hybridized carbons (Fsp3) is 0.714. The fourth-order valence-corrected chi connectivity index (χ4v) is 0.689. The second kappa shape index (κ2) is 3.72. The van der Waals surface area contributed by atoms with Crippen molar-refractivity contribution in [2.75, 3.05) is 5.88 Å². The van der Waals surface area contributed by atoms with Gasteiger partial charge >= 0.3 is 5.97 Å². The van der Waals surface area contributed by atoms with Crippen LogP contribution in [0.3, 0.4) is 0 Å². The summed E-state index contributed by atoms with van der Waals surface area (Å²) in [5.74, 6) is -1.26. The maximum absolute atomic E-state index is 11.0. The molecule has 0 atom stereocenters. The molecular weight excluding hydrogens is 168 g/mol. The molecule has 64 valence electrons. The van der Waals surface area contributed by atoms with Gasteiger partial charge in [-0.05, 0) is 13.8 Å². The molecule has 11 heavy (non-hydrogen) atoms. The number of halogens is 1. The lowest BCUT2D eigenvalue weighted by molar-refractivity contribution is -0.152. The quantitative estimate of drug-likeness (QED) is 0.522. The van der Waals surface area contributed by atoms with Crippen molar-refractivity contribution in [1.82, 2.24) is 0 Å². The Morgan fingerprint density at radius 3 is 2.18 bits per heavy atom. The normalized spacial score (nSPS) is 11.2. The highest BCUT2D eigenvalue weighted by Crippen LogP contribution is 2.18. The molecule has 0 aromatic carbocycles. The molecule has 0 aromatic heterocycles. The van der Waals surface area contributed by atoms with Crippen LogP contribution in [0.2, 0.25) is 0 Å². The number of rotatable bonds is 4. The van der Waals surface area contributed by atoms with Gasteiger partial charge in [0.2, 0.25) is 0 Å². The number of alkyl halides is 1. The Morgan fingerprint density at radius 2 is 1.91 bits per heavy atom. The van der Waals surface area contributed by atoms with E-state index in [0.717, 1.165) is 0 Å². The Morgan fingerprint density at radius 1 is 1.45 bits per heavy atom. The average Bonchev–Trinajstić information content (AvgIpc) is 1.88. The summed E-state index contributed by atoms with van der Waals surface area (Å²) < 4.78 is 0. The Hall–Kier alpha value is -0.570. The summed E-state index contributed by atoms with van der Waals surface area (Å²) in [5.41, 5.74) is -1.30. The first kappa shape index (κ1) is 10.4. The summed E-state index contributed by atoms with van der Waals surface area (Å²) in [6, 6.07) is 0. The molecule has 0 rings (SSSR count). The molecule has 0 heterocycles. The number of aliphatic carboxylic acids is 1. The van der Waals surface area contributed by atoms with Gasteiger partial charge in [-0.1, -0.05) is 0 Å². The monoisotopic (exact) mass is 178 g/mol. The highest BCUT2D eigenvalue weighted by atomic mass is 35.5. The molecule has 0 aliphatic carbocycles. The number of ketones is 1. The third-order valence-corrected chi connectivity index (χ3v) is 1.74. The zero-order valence-electron chi connectivity index (χ0n) is 6.56. The summed E-state index contributed by atoms with van der Waals surface area (Å²) in [6.45, 7) is 2.76. The number of hydrogen-bond acceptors (Lipinski definition) is 2. The van der Waals surface area contributed by atoms with E-state index in [1.807, 2.05) is 0 Å². The van der Waals surface area contributed by atoms with Gasteiger partial charge in [-0.25, -0.2) is 0 Å². The van der Waals surface area contributed by atoms with Crippen LogP contribution in [-0.4, -0.2) is 22.7 Å². The van der Waals surface area contributed by atoms with Gasteiger partial charge < -0.3 is 5.11 Å². The Kier molecular flexibility index (Phi) is 3.52. The number of Topliss-reactive ketones (excluding diaryl/α,β-unsaturated/α-hetero) is 1. The molecule has 0 bridgehead atoms. The third-order valence-electron chi connectivity index (χ3n) is 1.55. The van der Waals surface area contributed by atoms with Crippen LogP contribution in [0, 0.1) is 5.41 Å². The largest absolute Gasteiger partial charge is 0.481 e. The van der Waals surface area contributed by atoms with E-state index in [1.54, 1.807) is 0 Å². The third kappa shape index (κ3) is 2.50. The second-order valence-corrected chi connectivity index (χ2v) is 3.17. The molecule has 0 aromatic rings. The van der Waals surface area contributed by atoms with E-state index in [1.165, 1.54) is 13.8 Å². The van der Waals surface area contributed by atoms with Crippen molar-refractivity contribution in [3.63, 3.8) is 0 Å². The van der Waals surface area contributed by atoms with Crippen LogP contribution in [0.4, 0.5) is 0 Å². The van der Waals surface area contributed by atoms with E-state index in [0.29, 0.717) is 0 Å². The van der Waals surface area contributed by atoms with Crippen molar-refractivity contribution in [2.45, 2.75) is 20.3 Å². The van der Waals surface area contributed by atoms with Crippen LogP contribution < -0.4 is 0 Å². The van der Waals surface area contributed by atoms with E-state index in [9.17, 15) is 9.59 Å². The summed E-state index contributed by atoms with van der Waals surface area (Å²) in [4.78, 5) is 21.5. The molecule has 3 nitrogen and oxygen atoms in total. The molecule has 0 amide bonds. The summed E-state index contributed by atoms with van der Waals surface area (Å²) in [7, 11) is 0. The zero-order chi connectivity index (χ0) is 9.07. The van der Waals surface area contributed by atoms with Gasteiger partial charge in [0.25, 0.3) is 0 Å². The molecule has 0 aliphatic heterocycles. The van der Waals surface area contributed by atoms with E-state index >= 15 is 0 Å². The molecule has 0 spiro atoms. The molecule has 0 unspecified atom stereocenters. The van der Waals surface area contributed by atoms with Gasteiger partial charge in [0, 0.05) is 12.3 Å². The molecule has 0 radical (unpaired) electrons. The smallest absolute Gasteiger partial charge is 0.316 e. The minimum absolute atomic E-state index is 0.112. The summed E-state index contributed by atoms with van der Waals surface area (Å²) >= 11 is 5.29. The van der Waals surface area contributed by atoms with E-state index < -0.39 is 11.4 Å². The van der Waals surface area contributed by atoms with Gasteiger partial charge in [0.15, 0.2) is 5.78 Å². The lowest BCUT2D eigenvalue weighted by Gasteiger charge is -2.15. The first-order valence-corrected chi connectivity index (χ1v) is 3.79. The number of carbonyl (C=O) groups is 2. The molecule has 0 fully saturated rings. The Balaban J connectivity index is 4.30. The second-order valence-electron chi connectivity index (χ2n) is 2.79. The topological polar surface area (TPSA) is 54.4 Å². The summed E-state index contributed by atoms with van der Waals surface area (Å²) in [6.07, 6.45) is 0.112. The van der Waals surface area contributed by atoms with E-state index in [4.69, 9.17) is 16.7 Å². The van der Waals surface area contributed by atoms with Crippen molar-refractivity contribution >= 4 is 23.4 Å². The highest BCUT2D eigenvalue weighted by molar-refractivity contribution is 6.19. The minimum Gasteiger partial charge on any atom is -0.481 e. The van der Waals surface area contributed by atoms with Crippen molar-refractivity contribution in [2.24, 2.45) is 5.41 Å². The van der Waals surface area contributed by atoms with Crippen LogP contribution >= 0.6 is 11.6 Å². The average molecular weight is 179 g/mol. The summed E-state index contributed by atoms with van der Waals surface area (Å²) in [5, 5.41) is 8.57. The fourth-order valence-electron chi connectivity index (χ4n) is 0.518. The van der Waals surface area contributed by atoms with Gasteiger partial charge in [-0.3, -0.25) is 9.59 Å². The van der Waals surface area contributed by atoms with Gasteiger partial charge in [-0.15, -0.1) is 11.6 Å². The number of hydrogen-bond donors (Lipinski definition) is 1. The number of carboxylic acids is 1. The standard InChI is InChI=1S/C7H11ClO3/c1-7(2,6(10)11)5(9)3-4-8/h3-4H2,1-2H3,(H,10,11). The molecule has 0 saturated heterocycles. The van der Waals surface area contributed by atoms with Gasteiger partial charge in [-0.2, -0.15) is 0 Å². The van der Waals surface area contributed by atoms with Crippen LogP contribution in [0.5, 0.6) is 0 Å². The lowest BCUT2D eigenvalue weighted by atomic mass is 9.87. The first-order valence-electron chi connectivity index (χ1n) is 3.25. The van der Waals surface area contributed by atoms with Crippen LogP contribution in [0.1, 0.15) is 20.3 Å². The van der Waals surface area contributed by atoms with E-state index in [-0.39, 0.29) is 18.1 Å². The predicted octanol–water partition coefficient (Wildman–Crippen LogP) is 1.30. The lowest BCUT2D eigenvalue weighted by Crippen LogP contribution is -2.33. The minimum atomic E-state index is -1.30. The predicted molar refractivity (Wildman–Crippen MR) is 41.8 cm³/mol. The molecule has 4 heteroatoms. The van der Waals surface area contributed by atoms with Crippen molar-refractivity contribution < 1.29 is 14.7 Å². The van der Waals surface area contributed by atoms with Gasteiger partial charge in [0.1, 0.15) is 5.41 Å². The van der Waals surface area contributed by atoms with Gasteiger partial charge in [0.05, 0.1) is 0 Å². The van der Waals surface area contributed by atoms with Crippen LogP contribution in [0.25, 0.3) is 0 Å². The molecule has 1 N–H and O–H groups in total.